The summed E-state index contributed by atoms with van der Waals surface area (Å²) in [6, 6.07) is 9.44. The first kappa shape index (κ1) is 18.9. The van der Waals surface area contributed by atoms with E-state index in [-0.39, 0.29) is 6.42 Å². The molecule has 0 spiro atoms. The second-order valence-electron chi connectivity index (χ2n) is 6.20. The van der Waals surface area contributed by atoms with E-state index in [1.807, 2.05) is 30.3 Å². The van der Waals surface area contributed by atoms with Crippen LogP contribution in [0.1, 0.15) is 24.8 Å². The van der Waals surface area contributed by atoms with E-state index >= 15 is 0 Å². The molecule has 1 heterocycles. The van der Waals surface area contributed by atoms with Crippen molar-refractivity contribution in [3.8, 4) is 0 Å². The van der Waals surface area contributed by atoms with Gasteiger partial charge in [0, 0.05) is 13.1 Å². The molecular weight excluding hydrogens is 326 g/mol. The number of benzene rings is 1. The van der Waals surface area contributed by atoms with Crippen LogP contribution in [-0.2, 0) is 25.5 Å². The highest BCUT2D eigenvalue weighted by atomic mass is 16.5. The van der Waals surface area contributed by atoms with Crippen molar-refractivity contribution >= 4 is 17.8 Å². The highest BCUT2D eigenvalue weighted by molar-refractivity contribution is 6.02. The quantitative estimate of drug-likeness (QED) is 0.688. The molecule has 0 unspecified atom stereocenters. The van der Waals surface area contributed by atoms with E-state index in [0.29, 0.717) is 39.1 Å². The molecule has 0 aromatic heterocycles. The average molecular weight is 349 g/mol. The number of aryl methyl sites for hydroxylation is 1. The van der Waals surface area contributed by atoms with Crippen LogP contribution in [0.4, 0.5) is 0 Å². The van der Waals surface area contributed by atoms with Gasteiger partial charge >= 0.3 is 11.9 Å². The second kappa shape index (κ2) is 8.62. The van der Waals surface area contributed by atoms with Crippen molar-refractivity contribution in [3.63, 3.8) is 0 Å². The lowest BCUT2D eigenvalue weighted by atomic mass is 9.78. The van der Waals surface area contributed by atoms with Gasteiger partial charge in [0.2, 0.25) is 5.91 Å². The van der Waals surface area contributed by atoms with Crippen molar-refractivity contribution in [2.24, 2.45) is 5.41 Å². The molecule has 7 heteroatoms. The summed E-state index contributed by atoms with van der Waals surface area (Å²) >= 11 is 0. The van der Waals surface area contributed by atoms with Crippen molar-refractivity contribution in [1.29, 1.82) is 0 Å². The molecule has 1 aromatic rings. The molecule has 25 heavy (non-hydrogen) atoms. The van der Waals surface area contributed by atoms with E-state index in [4.69, 9.17) is 4.74 Å². The SMILES string of the molecule is O=C(CC(CCCc1ccccc1)(C(=O)O)C(=O)O)N1CCOCC1. The van der Waals surface area contributed by atoms with Crippen LogP contribution in [0.25, 0.3) is 0 Å². The highest BCUT2D eigenvalue weighted by Crippen LogP contribution is 2.31. The normalized spacial score (nSPS) is 15.0. The van der Waals surface area contributed by atoms with Crippen molar-refractivity contribution in [3.05, 3.63) is 35.9 Å². The Morgan fingerprint density at radius 2 is 1.64 bits per heavy atom. The number of carbonyl (C=O) groups is 3. The van der Waals surface area contributed by atoms with Gasteiger partial charge in [0.25, 0.3) is 0 Å². The molecular formula is C18H23NO6. The van der Waals surface area contributed by atoms with E-state index in [0.717, 1.165) is 5.56 Å². The molecule has 1 aromatic carbocycles. The summed E-state index contributed by atoms with van der Waals surface area (Å²) in [6.07, 6.45) is 0.309. The highest BCUT2D eigenvalue weighted by Gasteiger charge is 2.48. The zero-order valence-electron chi connectivity index (χ0n) is 14.0. The zero-order valence-corrected chi connectivity index (χ0v) is 14.0. The Bertz CT molecular complexity index is 595. The number of ether oxygens (including phenoxy) is 1. The first-order chi connectivity index (χ1) is 12.0. The van der Waals surface area contributed by atoms with Crippen LogP contribution < -0.4 is 0 Å². The van der Waals surface area contributed by atoms with Gasteiger partial charge in [0.1, 0.15) is 0 Å². The molecule has 2 rings (SSSR count). The monoisotopic (exact) mass is 349 g/mol. The third kappa shape index (κ3) is 4.79. The number of carbonyl (C=O) groups excluding carboxylic acids is 1. The van der Waals surface area contributed by atoms with E-state index in [9.17, 15) is 24.6 Å². The fraction of sp³-hybridized carbons (Fsp3) is 0.500. The first-order valence-electron chi connectivity index (χ1n) is 8.32. The maximum absolute atomic E-state index is 12.4. The molecule has 0 bridgehead atoms. The Morgan fingerprint density at radius 1 is 1.04 bits per heavy atom. The molecule has 7 nitrogen and oxygen atoms in total. The predicted octanol–water partition coefficient (Wildman–Crippen LogP) is 1.41. The van der Waals surface area contributed by atoms with Gasteiger partial charge < -0.3 is 19.8 Å². The van der Waals surface area contributed by atoms with Crippen molar-refractivity contribution in [1.82, 2.24) is 4.90 Å². The maximum atomic E-state index is 12.4. The van der Waals surface area contributed by atoms with Gasteiger partial charge in [0.05, 0.1) is 19.6 Å². The van der Waals surface area contributed by atoms with E-state index in [2.05, 4.69) is 0 Å². The Morgan fingerprint density at radius 3 is 2.20 bits per heavy atom. The van der Waals surface area contributed by atoms with Gasteiger partial charge in [-0.3, -0.25) is 14.4 Å². The molecule has 1 aliphatic rings. The fourth-order valence-electron chi connectivity index (χ4n) is 2.97. The van der Waals surface area contributed by atoms with Gasteiger partial charge in [-0.05, 0) is 24.8 Å². The summed E-state index contributed by atoms with van der Waals surface area (Å²) in [5.41, 5.74) is -1.09. The number of hydrogen-bond acceptors (Lipinski definition) is 4. The Labute approximate surface area is 146 Å². The largest absolute Gasteiger partial charge is 0.480 e. The molecule has 0 saturated carbocycles. The van der Waals surface area contributed by atoms with Crippen LogP contribution in [0.15, 0.2) is 30.3 Å². The van der Waals surface area contributed by atoms with Crippen LogP contribution in [0, 0.1) is 5.41 Å². The van der Waals surface area contributed by atoms with Crippen molar-refractivity contribution < 1.29 is 29.3 Å². The smallest absolute Gasteiger partial charge is 0.321 e. The summed E-state index contributed by atoms with van der Waals surface area (Å²) in [4.78, 5) is 37.4. The lowest BCUT2D eigenvalue weighted by Gasteiger charge is -2.31. The summed E-state index contributed by atoms with van der Waals surface area (Å²) in [7, 11) is 0. The number of carboxylic acids is 2. The molecule has 0 aliphatic carbocycles. The van der Waals surface area contributed by atoms with Gasteiger partial charge in [-0.2, -0.15) is 0 Å². The van der Waals surface area contributed by atoms with Gasteiger partial charge in [-0.15, -0.1) is 0 Å². The number of morpholine rings is 1. The molecule has 1 fully saturated rings. The number of nitrogens with zero attached hydrogens (tertiary/aromatic N) is 1. The molecule has 0 atom stereocenters. The molecule has 1 aliphatic heterocycles. The lowest BCUT2D eigenvalue weighted by Crippen LogP contribution is -2.47. The second-order valence-corrected chi connectivity index (χ2v) is 6.20. The van der Waals surface area contributed by atoms with Gasteiger partial charge in [0.15, 0.2) is 5.41 Å². The lowest BCUT2D eigenvalue weighted by molar-refractivity contribution is -0.169. The number of aliphatic carboxylic acids is 2. The van der Waals surface area contributed by atoms with Crippen LogP contribution in [0.5, 0.6) is 0 Å². The third-order valence-electron chi connectivity index (χ3n) is 4.55. The van der Waals surface area contributed by atoms with Crippen LogP contribution >= 0.6 is 0 Å². The van der Waals surface area contributed by atoms with Crippen molar-refractivity contribution in [2.75, 3.05) is 26.3 Å². The molecule has 136 valence electrons. The third-order valence-corrected chi connectivity index (χ3v) is 4.55. The van der Waals surface area contributed by atoms with Crippen LogP contribution in [0.3, 0.4) is 0 Å². The number of carboxylic acid groups (broad SMARTS) is 2. The van der Waals surface area contributed by atoms with Crippen molar-refractivity contribution in [2.45, 2.75) is 25.7 Å². The minimum absolute atomic E-state index is 0.0946. The fourth-order valence-corrected chi connectivity index (χ4v) is 2.97. The minimum atomic E-state index is -2.09. The molecule has 2 N–H and O–H groups in total. The maximum Gasteiger partial charge on any atom is 0.321 e. The van der Waals surface area contributed by atoms with Crippen LogP contribution in [0.2, 0.25) is 0 Å². The summed E-state index contributed by atoms with van der Waals surface area (Å²) in [6.45, 7) is 1.48. The zero-order chi connectivity index (χ0) is 18.3. The van der Waals surface area contributed by atoms with E-state index in [1.165, 1.54) is 4.90 Å². The van der Waals surface area contributed by atoms with E-state index < -0.39 is 29.7 Å². The standard InChI is InChI=1S/C18H23NO6/c20-15(19-9-11-25-12-10-19)13-18(16(21)22,17(23)24)8-4-7-14-5-2-1-3-6-14/h1-3,5-6H,4,7-13H2,(H,21,22)(H,23,24). The minimum Gasteiger partial charge on any atom is -0.480 e. The molecule has 1 amide bonds. The van der Waals surface area contributed by atoms with Gasteiger partial charge in [-0.1, -0.05) is 30.3 Å². The topological polar surface area (TPSA) is 104 Å². The predicted molar refractivity (Wildman–Crippen MR) is 89.1 cm³/mol. The number of rotatable bonds is 8. The molecule has 1 saturated heterocycles. The summed E-state index contributed by atoms with van der Waals surface area (Å²) < 4.78 is 5.16. The van der Waals surface area contributed by atoms with Gasteiger partial charge in [-0.25, -0.2) is 0 Å². The summed E-state index contributed by atoms with van der Waals surface area (Å²) in [5.74, 6) is -3.38. The molecule has 0 radical (unpaired) electrons. The number of hydrogen-bond donors (Lipinski definition) is 2. The Balaban J connectivity index is 2.06. The Kier molecular flexibility index (Phi) is 6.52. The average Bonchev–Trinajstić information content (AvgIpc) is 2.62. The number of amides is 1. The first-order valence-corrected chi connectivity index (χ1v) is 8.32. The summed E-state index contributed by atoms with van der Waals surface area (Å²) in [5, 5.41) is 19.1. The van der Waals surface area contributed by atoms with Crippen LogP contribution in [-0.4, -0.2) is 59.3 Å². The Hall–Kier alpha value is -2.41. The van der Waals surface area contributed by atoms with E-state index in [1.54, 1.807) is 0 Å².